The van der Waals surface area contributed by atoms with Crippen LogP contribution in [-0.4, -0.2) is 44.2 Å². The average Bonchev–Trinajstić information content (AvgIpc) is 3.16. The van der Waals surface area contributed by atoms with Crippen molar-refractivity contribution in [3.05, 3.63) is 17.5 Å². The predicted octanol–water partition coefficient (Wildman–Crippen LogP) is 1.77. The van der Waals surface area contributed by atoms with Crippen molar-refractivity contribution >= 4 is 34.9 Å². The van der Waals surface area contributed by atoms with E-state index in [0.29, 0.717) is 23.9 Å². The van der Waals surface area contributed by atoms with Gasteiger partial charge in [-0.1, -0.05) is 17.8 Å². The van der Waals surface area contributed by atoms with Gasteiger partial charge in [0, 0.05) is 13.0 Å². The van der Waals surface area contributed by atoms with E-state index in [9.17, 15) is 9.59 Å². The summed E-state index contributed by atoms with van der Waals surface area (Å²) in [4.78, 5) is 30.0. The van der Waals surface area contributed by atoms with Gasteiger partial charge in [0.1, 0.15) is 0 Å². The Kier molecular flexibility index (Phi) is 3.83. The molecule has 2 aromatic heterocycles. The van der Waals surface area contributed by atoms with Gasteiger partial charge in [-0.15, -0.1) is 16.4 Å². The van der Waals surface area contributed by atoms with Crippen LogP contribution in [0.1, 0.15) is 12.8 Å². The Morgan fingerprint density at radius 2 is 2.45 bits per heavy atom. The molecule has 0 atom stereocenters. The number of likely N-dealkylation sites (tertiary alicyclic amines) is 1. The Morgan fingerprint density at radius 1 is 1.55 bits per heavy atom. The third-order valence-electron chi connectivity index (χ3n) is 2.92. The minimum Gasteiger partial charge on any atom is -0.282 e. The zero-order chi connectivity index (χ0) is 13.9. The fourth-order valence-electron chi connectivity index (χ4n) is 1.95. The van der Waals surface area contributed by atoms with Gasteiger partial charge in [0.15, 0.2) is 5.82 Å². The van der Waals surface area contributed by atoms with Gasteiger partial charge in [-0.2, -0.15) is 0 Å². The molecule has 0 aromatic carbocycles. The highest BCUT2D eigenvalue weighted by Gasteiger charge is 2.26. The van der Waals surface area contributed by atoms with E-state index in [0.717, 1.165) is 11.3 Å². The molecule has 1 N–H and O–H groups in total. The smallest absolute Gasteiger partial charge is 0.239 e. The summed E-state index contributed by atoms with van der Waals surface area (Å²) in [5.74, 6) is 0.644. The summed E-state index contributed by atoms with van der Waals surface area (Å²) in [6.07, 6.45) is 1.23. The minimum absolute atomic E-state index is 0.0788. The van der Waals surface area contributed by atoms with Crippen LogP contribution in [0.2, 0.25) is 0 Å². The minimum atomic E-state index is -0.167. The normalized spacial score (nSPS) is 15.0. The van der Waals surface area contributed by atoms with E-state index in [1.165, 1.54) is 16.7 Å². The lowest BCUT2D eigenvalue weighted by atomic mass is 10.4. The van der Waals surface area contributed by atoms with Crippen LogP contribution in [0.25, 0.3) is 10.7 Å². The van der Waals surface area contributed by atoms with Crippen molar-refractivity contribution in [2.45, 2.75) is 18.0 Å². The molecule has 1 fully saturated rings. The Labute approximate surface area is 123 Å². The van der Waals surface area contributed by atoms with Crippen LogP contribution >= 0.6 is 23.1 Å². The summed E-state index contributed by atoms with van der Waals surface area (Å²) >= 11 is 2.81. The maximum absolute atomic E-state index is 11.9. The number of amides is 2. The van der Waals surface area contributed by atoms with E-state index >= 15 is 0 Å². The van der Waals surface area contributed by atoms with E-state index in [1.54, 1.807) is 11.3 Å². The number of carbonyl (C=O) groups excluding carboxylic acids is 2. The summed E-state index contributed by atoms with van der Waals surface area (Å²) in [7, 11) is 0. The molecule has 0 bridgehead atoms. The van der Waals surface area contributed by atoms with E-state index in [-0.39, 0.29) is 17.6 Å². The molecule has 1 aliphatic heterocycles. The van der Waals surface area contributed by atoms with Gasteiger partial charge in [0.05, 0.1) is 10.6 Å². The first kappa shape index (κ1) is 13.3. The number of nitrogens with zero attached hydrogens (tertiary/aromatic N) is 3. The summed E-state index contributed by atoms with van der Waals surface area (Å²) in [5.41, 5.74) is 0. The molecule has 3 heterocycles. The van der Waals surface area contributed by atoms with Crippen molar-refractivity contribution < 1.29 is 9.59 Å². The molecule has 0 spiro atoms. The molecule has 2 aromatic rings. The van der Waals surface area contributed by atoms with Gasteiger partial charge in [-0.25, -0.2) is 4.98 Å². The molecule has 3 rings (SSSR count). The molecule has 1 aliphatic rings. The second kappa shape index (κ2) is 5.76. The van der Waals surface area contributed by atoms with Crippen LogP contribution in [0.4, 0.5) is 0 Å². The molecule has 0 radical (unpaired) electrons. The number of thiophene rings is 1. The number of thioether (sulfide) groups is 1. The Morgan fingerprint density at radius 3 is 3.15 bits per heavy atom. The van der Waals surface area contributed by atoms with Crippen molar-refractivity contribution in [2.75, 3.05) is 12.3 Å². The highest BCUT2D eigenvalue weighted by atomic mass is 32.2. The zero-order valence-electron chi connectivity index (χ0n) is 10.5. The fourth-order valence-corrected chi connectivity index (χ4v) is 3.29. The summed E-state index contributed by atoms with van der Waals surface area (Å²) in [6, 6.07) is 3.89. The summed E-state index contributed by atoms with van der Waals surface area (Å²) in [6.45, 7) is 0.534. The van der Waals surface area contributed by atoms with E-state index in [4.69, 9.17) is 0 Å². The Hall–Kier alpha value is -1.67. The number of carbonyl (C=O) groups is 2. The van der Waals surface area contributed by atoms with Crippen molar-refractivity contribution in [1.82, 2.24) is 20.1 Å². The van der Waals surface area contributed by atoms with Gasteiger partial charge >= 0.3 is 0 Å². The van der Waals surface area contributed by atoms with Crippen LogP contribution in [0.5, 0.6) is 0 Å². The van der Waals surface area contributed by atoms with Crippen LogP contribution in [0.15, 0.2) is 22.7 Å². The third-order valence-corrected chi connectivity index (χ3v) is 4.63. The van der Waals surface area contributed by atoms with E-state index < -0.39 is 0 Å². The highest BCUT2D eigenvalue weighted by Crippen LogP contribution is 2.23. The van der Waals surface area contributed by atoms with Gasteiger partial charge in [-0.05, 0) is 17.9 Å². The van der Waals surface area contributed by atoms with Crippen LogP contribution in [-0.2, 0) is 9.59 Å². The molecule has 0 aliphatic carbocycles. The maximum Gasteiger partial charge on any atom is 0.239 e. The molecular weight excluding hydrogens is 296 g/mol. The second-order valence-electron chi connectivity index (χ2n) is 4.28. The van der Waals surface area contributed by atoms with Gasteiger partial charge in [-0.3, -0.25) is 19.6 Å². The maximum atomic E-state index is 11.9. The first-order valence-corrected chi connectivity index (χ1v) is 8.03. The number of hydrogen-bond donors (Lipinski definition) is 1. The number of aromatic amines is 1. The number of aromatic nitrogens is 3. The number of rotatable bonds is 4. The molecule has 0 unspecified atom stereocenters. The number of nitrogens with one attached hydrogen (secondary N) is 1. The Balaban J connectivity index is 1.59. The molecule has 1 saturated heterocycles. The van der Waals surface area contributed by atoms with Gasteiger partial charge in [0.2, 0.25) is 17.0 Å². The molecule has 2 amide bonds. The van der Waals surface area contributed by atoms with Gasteiger partial charge in [0.25, 0.3) is 0 Å². The lowest BCUT2D eigenvalue weighted by Crippen LogP contribution is -2.33. The molecule has 6 nitrogen and oxygen atoms in total. The average molecular weight is 308 g/mol. The van der Waals surface area contributed by atoms with Crippen LogP contribution in [0, 0.1) is 0 Å². The molecule has 20 heavy (non-hydrogen) atoms. The monoisotopic (exact) mass is 308 g/mol. The standard InChI is InChI=1S/C12H12N4O2S2/c17-9-4-1-5-16(9)10(18)7-20-12-13-11(14-15-12)8-3-2-6-19-8/h2-3,6H,1,4-5,7H2,(H,13,14,15). The quantitative estimate of drug-likeness (QED) is 0.871. The highest BCUT2D eigenvalue weighted by molar-refractivity contribution is 7.99. The van der Waals surface area contributed by atoms with E-state index in [1.807, 2.05) is 17.5 Å². The second-order valence-corrected chi connectivity index (χ2v) is 6.17. The first-order chi connectivity index (χ1) is 9.74. The molecule has 0 saturated carbocycles. The third kappa shape index (κ3) is 2.75. The number of hydrogen-bond acceptors (Lipinski definition) is 6. The SMILES string of the molecule is O=C1CCCN1C(=O)CSc1n[nH]c(-c2cccs2)n1. The predicted molar refractivity (Wildman–Crippen MR) is 76.4 cm³/mol. The van der Waals surface area contributed by atoms with E-state index in [2.05, 4.69) is 15.2 Å². The van der Waals surface area contributed by atoms with Crippen LogP contribution < -0.4 is 0 Å². The molecular formula is C12H12N4O2S2. The summed E-state index contributed by atoms with van der Waals surface area (Å²) < 4.78 is 0. The largest absolute Gasteiger partial charge is 0.282 e. The van der Waals surface area contributed by atoms with Crippen molar-refractivity contribution in [3.8, 4) is 10.7 Å². The lowest BCUT2D eigenvalue weighted by molar-refractivity contribution is -0.140. The number of imide groups is 1. The lowest BCUT2D eigenvalue weighted by Gasteiger charge is -2.11. The zero-order valence-corrected chi connectivity index (χ0v) is 12.2. The topological polar surface area (TPSA) is 79.0 Å². The van der Waals surface area contributed by atoms with Crippen molar-refractivity contribution in [3.63, 3.8) is 0 Å². The molecule has 104 valence electrons. The summed E-state index contributed by atoms with van der Waals surface area (Å²) in [5, 5.41) is 9.40. The fraction of sp³-hybridized carbons (Fsp3) is 0.333. The molecule has 8 heteroatoms. The number of H-pyrrole nitrogens is 1. The van der Waals surface area contributed by atoms with Crippen LogP contribution in [0.3, 0.4) is 0 Å². The Bertz CT molecular complexity index is 623. The van der Waals surface area contributed by atoms with Gasteiger partial charge < -0.3 is 0 Å². The first-order valence-electron chi connectivity index (χ1n) is 6.16. The van der Waals surface area contributed by atoms with Crippen molar-refractivity contribution in [2.24, 2.45) is 0 Å². The van der Waals surface area contributed by atoms with Crippen molar-refractivity contribution in [1.29, 1.82) is 0 Å².